The van der Waals surface area contributed by atoms with Crippen LogP contribution in [-0.4, -0.2) is 26.4 Å². The number of amides is 1. The number of halogens is 1. The van der Waals surface area contributed by atoms with Crippen LogP contribution in [0.4, 0.5) is 4.39 Å². The van der Waals surface area contributed by atoms with E-state index in [4.69, 9.17) is 0 Å². The Kier molecular flexibility index (Phi) is 4.06. The summed E-state index contributed by atoms with van der Waals surface area (Å²) in [5.41, 5.74) is 0.371. The quantitative estimate of drug-likeness (QED) is 0.945. The Hall–Kier alpha value is -2.24. The van der Waals surface area contributed by atoms with Crippen molar-refractivity contribution < 1.29 is 9.18 Å². The molecule has 1 atom stereocenters. The molecule has 1 aromatic carbocycles. The van der Waals surface area contributed by atoms with Gasteiger partial charge in [-0.05, 0) is 33.8 Å². The number of benzene rings is 1. The zero-order chi connectivity index (χ0) is 15.6. The monoisotopic (exact) mass is 290 g/mol. The third-order valence-electron chi connectivity index (χ3n) is 2.98. The van der Waals surface area contributed by atoms with E-state index in [2.05, 4.69) is 15.6 Å². The van der Waals surface area contributed by atoms with E-state index in [1.807, 2.05) is 20.8 Å². The highest BCUT2D eigenvalue weighted by Crippen LogP contribution is 2.19. The van der Waals surface area contributed by atoms with Crippen molar-refractivity contribution in [3.05, 3.63) is 47.5 Å². The van der Waals surface area contributed by atoms with E-state index in [0.717, 1.165) is 0 Å². The molecular weight excluding hydrogens is 271 g/mol. The van der Waals surface area contributed by atoms with E-state index < -0.39 is 0 Å². The van der Waals surface area contributed by atoms with Crippen LogP contribution in [0.25, 0.3) is 0 Å². The van der Waals surface area contributed by atoms with Gasteiger partial charge >= 0.3 is 0 Å². The first-order valence-corrected chi connectivity index (χ1v) is 6.77. The van der Waals surface area contributed by atoms with Crippen LogP contribution in [0.3, 0.4) is 0 Å². The molecule has 0 bridgehead atoms. The Balaban J connectivity index is 2.20. The predicted octanol–water partition coefficient (Wildman–Crippen LogP) is 2.55. The van der Waals surface area contributed by atoms with Crippen molar-refractivity contribution in [1.29, 1.82) is 0 Å². The highest BCUT2D eigenvalue weighted by molar-refractivity contribution is 5.92. The minimum atomic E-state index is -0.349. The maximum absolute atomic E-state index is 13.8. The molecule has 2 rings (SSSR count). The summed E-state index contributed by atoms with van der Waals surface area (Å²) >= 11 is 0. The Morgan fingerprint density at radius 1 is 1.33 bits per heavy atom. The lowest BCUT2D eigenvalue weighted by Crippen LogP contribution is -2.40. The summed E-state index contributed by atoms with van der Waals surface area (Å²) in [5, 5.41) is 10.6. The number of rotatable bonds is 3. The average Bonchev–Trinajstić information content (AvgIpc) is 2.86. The number of carbonyl (C=O) groups is 1. The van der Waals surface area contributed by atoms with E-state index in [-0.39, 0.29) is 29.0 Å². The Morgan fingerprint density at radius 3 is 2.62 bits per heavy atom. The van der Waals surface area contributed by atoms with Gasteiger partial charge in [-0.3, -0.25) is 4.79 Å². The van der Waals surface area contributed by atoms with Crippen molar-refractivity contribution in [2.24, 2.45) is 0 Å². The Labute approximate surface area is 123 Å². The van der Waals surface area contributed by atoms with E-state index in [9.17, 15) is 9.18 Å². The highest BCUT2D eigenvalue weighted by atomic mass is 19.1. The summed E-state index contributed by atoms with van der Waals surface area (Å²) < 4.78 is 15.3. The fourth-order valence-corrected chi connectivity index (χ4v) is 1.93. The van der Waals surface area contributed by atoms with E-state index in [1.54, 1.807) is 25.1 Å². The Bertz CT molecular complexity index is 645. The van der Waals surface area contributed by atoms with Gasteiger partial charge in [-0.25, -0.2) is 9.07 Å². The number of hydrogen-bond acceptors (Lipinski definition) is 3. The first-order chi connectivity index (χ1) is 9.78. The lowest BCUT2D eigenvalue weighted by atomic mass is 10.1. The molecule has 112 valence electrons. The van der Waals surface area contributed by atoms with Gasteiger partial charge in [-0.15, -0.1) is 5.10 Å². The molecule has 0 radical (unpaired) electrons. The summed E-state index contributed by atoms with van der Waals surface area (Å²) in [7, 11) is 0. The maximum atomic E-state index is 13.8. The van der Waals surface area contributed by atoms with Gasteiger partial charge in [-0.2, -0.15) is 0 Å². The van der Waals surface area contributed by atoms with Crippen LogP contribution in [0.1, 0.15) is 49.8 Å². The van der Waals surface area contributed by atoms with Gasteiger partial charge in [0, 0.05) is 11.1 Å². The molecule has 1 amide bonds. The molecule has 0 aliphatic carbocycles. The SMILES string of the molecule is C[C@H](c1ccccc1F)n1cc(C(=O)NC(C)(C)C)nn1. The van der Waals surface area contributed by atoms with Crippen LogP contribution >= 0.6 is 0 Å². The molecule has 0 spiro atoms. The molecule has 0 aliphatic heterocycles. The second-order valence-corrected chi connectivity index (χ2v) is 5.99. The fourth-order valence-electron chi connectivity index (χ4n) is 1.93. The number of nitrogens with zero attached hydrogens (tertiary/aromatic N) is 3. The lowest BCUT2D eigenvalue weighted by molar-refractivity contribution is 0.0914. The molecule has 0 fully saturated rings. The van der Waals surface area contributed by atoms with Gasteiger partial charge in [0.2, 0.25) is 0 Å². The van der Waals surface area contributed by atoms with Gasteiger partial charge < -0.3 is 5.32 Å². The molecule has 0 unspecified atom stereocenters. The summed E-state index contributed by atoms with van der Waals surface area (Å²) in [6.07, 6.45) is 1.53. The fraction of sp³-hybridized carbons (Fsp3) is 0.400. The third-order valence-corrected chi connectivity index (χ3v) is 2.98. The van der Waals surface area contributed by atoms with Gasteiger partial charge in [-0.1, -0.05) is 23.4 Å². The largest absolute Gasteiger partial charge is 0.346 e. The van der Waals surface area contributed by atoms with Crippen LogP contribution in [0.2, 0.25) is 0 Å². The average molecular weight is 290 g/mol. The van der Waals surface area contributed by atoms with E-state index in [0.29, 0.717) is 5.56 Å². The zero-order valence-electron chi connectivity index (χ0n) is 12.6. The predicted molar refractivity (Wildman–Crippen MR) is 77.5 cm³/mol. The van der Waals surface area contributed by atoms with Crippen molar-refractivity contribution in [3.63, 3.8) is 0 Å². The maximum Gasteiger partial charge on any atom is 0.273 e. The van der Waals surface area contributed by atoms with Crippen LogP contribution in [0, 0.1) is 5.82 Å². The molecule has 1 aromatic heterocycles. The van der Waals surface area contributed by atoms with Crippen LogP contribution in [0.15, 0.2) is 30.5 Å². The summed E-state index contributed by atoms with van der Waals surface area (Å²) in [5.74, 6) is -0.601. The van der Waals surface area contributed by atoms with E-state index >= 15 is 0 Å². The standard InChI is InChI=1S/C15H19FN4O/c1-10(11-7-5-6-8-12(11)16)20-9-13(18-19-20)14(21)17-15(2,3)4/h5-10H,1-4H3,(H,17,21)/t10-/m1/s1. The molecule has 1 heterocycles. The Morgan fingerprint density at radius 2 is 2.00 bits per heavy atom. The molecule has 0 saturated heterocycles. The third kappa shape index (κ3) is 3.65. The molecule has 0 saturated carbocycles. The zero-order valence-corrected chi connectivity index (χ0v) is 12.6. The molecule has 21 heavy (non-hydrogen) atoms. The molecule has 0 aliphatic rings. The molecule has 2 aromatic rings. The molecule has 6 heteroatoms. The van der Waals surface area contributed by atoms with Gasteiger partial charge in [0.1, 0.15) is 5.82 Å². The van der Waals surface area contributed by atoms with Gasteiger partial charge in [0.05, 0.1) is 12.2 Å². The van der Waals surface area contributed by atoms with Crippen LogP contribution in [0.5, 0.6) is 0 Å². The molecule has 5 nitrogen and oxygen atoms in total. The van der Waals surface area contributed by atoms with Gasteiger partial charge in [0.25, 0.3) is 5.91 Å². The normalized spacial score (nSPS) is 13.0. The second kappa shape index (κ2) is 5.63. The number of aromatic nitrogens is 3. The number of carbonyl (C=O) groups excluding carboxylic acids is 1. The topological polar surface area (TPSA) is 59.8 Å². The van der Waals surface area contributed by atoms with Crippen molar-refractivity contribution in [2.45, 2.75) is 39.3 Å². The summed E-state index contributed by atoms with van der Waals surface area (Å²) in [6, 6.07) is 6.15. The van der Waals surface area contributed by atoms with Crippen molar-refractivity contribution in [3.8, 4) is 0 Å². The van der Waals surface area contributed by atoms with Crippen molar-refractivity contribution >= 4 is 5.91 Å². The smallest absolute Gasteiger partial charge is 0.273 e. The molecular formula is C15H19FN4O. The minimum absolute atomic E-state index is 0.216. The first-order valence-electron chi connectivity index (χ1n) is 6.77. The second-order valence-electron chi connectivity index (χ2n) is 5.99. The van der Waals surface area contributed by atoms with Crippen LogP contribution < -0.4 is 5.32 Å². The van der Waals surface area contributed by atoms with E-state index in [1.165, 1.54) is 16.9 Å². The first kappa shape index (κ1) is 15.2. The summed E-state index contributed by atoms with van der Waals surface area (Å²) in [6.45, 7) is 7.46. The highest BCUT2D eigenvalue weighted by Gasteiger charge is 2.20. The van der Waals surface area contributed by atoms with Crippen molar-refractivity contribution in [2.75, 3.05) is 0 Å². The lowest BCUT2D eigenvalue weighted by Gasteiger charge is -2.19. The number of nitrogens with one attached hydrogen (secondary N) is 1. The van der Waals surface area contributed by atoms with Crippen LogP contribution in [-0.2, 0) is 0 Å². The number of hydrogen-bond donors (Lipinski definition) is 1. The minimum Gasteiger partial charge on any atom is -0.346 e. The molecule has 1 N–H and O–H groups in total. The van der Waals surface area contributed by atoms with Gasteiger partial charge in [0.15, 0.2) is 5.69 Å². The summed E-state index contributed by atoms with van der Waals surface area (Å²) in [4.78, 5) is 12.0. The van der Waals surface area contributed by atoms with Crippen molar-refractivity contribution in [1.82, 2.24) is 20.3 Å².